The smallest absolute Gasteiger partial charge is 0.465 e. The molecule has 5 fully saturated rings. The van der Waals surface area contributed by atoms with E-state index in [2.05, 4.69) is 49.1 Å². The van der Waals surface area contributed by atoms with Gasteiger partial charge in [-0.25, -0.2) is 4.79 Å². The fraction of sp³-hybridized carbons (Fsp3) is 0.776. The first-order valence-electron chi connectivity index (χ1n) is 23.3. The lowest BCUT2D eigenvalue weighted by Crippen LogP contribution is -2.46. The molecule has 6 rings (SSSR count). The third-order valence-corrected chi connectivity index (χ3v) is 13.4. The van der Waals surface area contributed by atoms with Crippen LogP contribution >= 0.6 is 0 Å². The van der Waals surface area contributed by atoms with Gasteiger partial charge in [-0.2, -0.15) is 0 Å². The van der Waals surface area contributed by atoms with Gasteiger partial charge >= 0.3 is 18.1 Å². The Labute approximate surface area is 345 Å². The van der Waals surface area contributed by atoms with Crippen molar-refractivity contribution in [2.24, 2.45) is 35.0 Å². The van der Waals surface area contributed by atoms with Crippen molar-refractivity contribution in [2.75, 3.05) is 46.1 Å². The van der Waals surface area contributed by atoms with Crippen molar-refractivity contribution in [3.05, 3.63) is 47.6 Å². The molecule has 6 aliphatic rings. The molecule has 57 heavy (non-hydrogen) atoms. The minimum atomic E-state index is -0.655. The normalized spacial score (nSPS) is 27.1. The van der Waals surface area contributed by atoms with E-state index in [1.54, 1.807) is 0 Å². The number of nitrogens with zero attached hydrogens (tertiary/aromatic N) is 1. The van der Waals surface area contributed by atoms with E-state index >= 15 is 0 Å². The summed E-state index contributed by atoms with van der Waals surface area (Å²) in [6, 6.07) is 0. The summed E-state index contributed by atoms with van der Waals surface area (Å²) in [5.74, 6) is 2.55. The summed E-state index contributed by atoms with van der Waals surface area (Å²) < 4.78 is 22.7. The Morgan fingerprint density at radius 1 is 0.754 bits per heavy atom. The molecule has 0 aromatic carbocycles. The largest absolute Gasteiger partial charge is 0.508 e. The van der Waals surface area contributed by atoms with Crippen LogP contribution in [0.25, 0.3) is 0 Å². The van der Waals surface area contributed by atoms with E-state index in [1.165, 1.54) is 77.0 Å². The van der Waals surface area contributed by atoms with Gasteiger partial charge in [0, 0.05) is 31.2 Å². The second kappa shape index (κ2) is 24.9. The van der Waals surface area contributed by atoms with Crippen molar-refractivity contribution in [1.29, 1.82) is 0 Å². The van der Waals surface area contributed by atoms with E-state index in [4.69, 9.17) is 18.9 Å². The molecule has 0 spiro atoms. The van der Waals surface area contributed by atoms with Crippen LogP contribution in [0.3, 0.4) is 0 Å². The zero-order chi connectivity index (χ0) is 40.1. The third kappa shape index (κ3) is 16.7. The number of hydrogen-bond donors (Lipinski definition) is 0. The Morgan fingerprint density at radius 2 is 1.44 bits per heavy atom. The summed E-state index contributed by atoms with van der Waals surface area (Å²) in [6.07, 6.45) is 37.8. The van der Waals surface area contributed by atoms with Crippen LogP contribution in [-0.4, -0.2) is 69.1 Å². The van der Waals surface area contributed by atoms with Gasteiger partial charge in [-0.1, -0.05) is 82.4 Å². The molecule has 0 amide bonds. The molecule has 4 saturated carbocycles. The van der Waals surface area contributed by atoms with E-state index in [0.717, 1.165) is 99.9 Å². The van der Waals surface area contributed by atoms with Crippen LogP contribution in [0, 0.1) is 35.0 Å². The highest BCUT2D eigenvalue weighted by atomic mass is 16.7. The predicted molar refractivity (Wildman–Crippen MR) is 228 cm³/mol. The van der Waals surface area contributed by atoms with Gasteiger partial charge in [0.05, 0.1) is 13.2 Å². The monoisotopic (exact) mass is 792 g/mol. The number of esters is 2. The van der Waals surface area contributed by atoms with Gasteiger partial charge in [-0.15, -0.1) is 0 Å². The van der Waals surface area contributed by atoms with Crippen LogP contribution in [0.5, 0.6) is 0 Å². The van der Waals surface area contributed by atoms with Gasteiger partial charge in [0.2, 0.25) is 0 Å². The number of allylic oxidation sites excluding steroid dienone is 4. The number of carbonyl (C=O) groups excluding carboxylic acids is 3. The minimum Gasteiger partial charge on any atom is -0.465 e. The number of hydrogen-bond acceptors (Lipinski definition) is 8. The second-order valence-electron chi connectivity index (χ2n) is 18.5. The fourth-order valence-corrected chi connectivity index (χ4v) is 10.9. The third-order valence-electron chi connectivity index (χ3n) is 13.4. The Morgan fingerprint density at radius 3 is 2.16 bits per heavy atom. The molecule has 2 unspecified atom stereocenters. The maximum Gasteiger partial charge on any atom is 0.508 e. The molecule has 4 bridgehead atoms. The molecule has 1 saturated heterocycles. The molecule has 2 atom stereocenters. The lowest BCUT2D eigenvalue weighted by atomic mass is 9.48. The van der Waals surface area contributed by atoms with Gasteiger partial charge in [-0.05, 0) is 150 Å². The summed E-state index contributed by atoms with van der Waals surface area (Å²) in [7, 11) is 0. The van der Waals surface area contributed by atoms with Crippen LogP contribution in [0.4, 0.5) is 4.79 Å². The van der Waals surface area contributed by atoms with Crippen molar-refractivity contribution < 1.29 is 33.3 Å². The van der Waals surface area contributed by atoms with Crippen LogP contribution in [0.15, 0.2) is 47.6 Å². The molecule has 320 valence electrons. The first kappa shape index (κ1) is 45.2. The average Bonchev–Trinajstić information content (AvgIpc) is 3.21. The lowest BCUT2D eigenvalue weighted by Gasteiger charge is -2.57. The highest BCUT2D eigenvalue weighted by Gasteiger charge is 2.50. The van der Waals surface area contributed by atoms with E-state index in [-0.39, 0.29) is 37.7 Å². The maximum absolute atomic E-state index is 13.1. The molecule has 1 heterocycles. The maximum atomic E-state index is 13.1. The zero-order valence-corrected chi connectivity index (χ0v) is 35.9. The Kier molecular flexibility index (Phi) is 19.8. The summed E-state index contributed by atoms with van der Waals surface area (Å²) in [6.45, 7) is 8.34. The second-order valence-corrected chi connectivity index (χ2v) is 18.5. The van der Waals surface area contributed by atoms with Crippen LogP contribution < -0.4 is 0 Å². The molecule has 0 aromatic heterocycles. The topological polar surface area (TPSA) is 91.4 Å². The van der Waals surface area contributed by atoms with E-state index in [1.807, 2.05) is 6.08 Å². The molecule has 0 radical (unpaired) electrons. The van der Waals surface area contributed by atoms with Crippen LogP contribution in [0.1, 0.15) is 162 Å². The minimum absolute atomic E-state index is 0.0778. The van der Waals surface area contributed by atoms with Gasteiger partial charge in [0.25, 0.3) is 0 Å². The Bertz CT molecular complexity index is 1330. The number of piperidine rings is 1. The number of ether oxygens (including phenoxy) is 4. The van der Waals surface area contributed by atoms with E-state index in [9.17, 15) is 14.4 Å². The summed E-state index contributed by atoms with van der Waals surface area (Å²) >= 11 is 0. The van der Waals surface area contributed by atoms with Crippen LogP contribution in [0.2, 0.25) is 0 Å². The van der Waals surface area contributed by atoms with E-state index < -0.39 is 6.16 Å². The molecule has 0 aromatic rings. The SMILES string of the molecule is CCCCC/C=C\C/C=C\CCCCCCCC(=O)OCC1=CC(COC(=O)CCC23CC4CC(CC(C4)C2)C3)CC(COC(=O)OCC2CCCN(CC)C2)=C1. The first-order valence-corrected chi connectivity index (χ1v) is 23.3. The Hall–Kier alpha value is -2.87. The fourth-order valence-electron chi connectivity index (χ4n) is 10.9. The molecule has 0 N–H and O–H groups in total. The molecular formula is C49H77NO7. The standard InChI is InChI=1S/C49H77NO7/c1-3-5-6-7-8-9-10-11-12-13-14-15-16-17-18-21-46(51)54-36-43-28-44(30-45(29-43)38-57-48(53)56-35-39-20-19-24-50(4-2)34-39)37-55-47(52)22-23-49-31-40-25-41(32-49)27-42(26-40)33-49/h8-9,11-12,28-29,39-42,44H,3-7,10,13-27,30-38H2,1-2H3/b9-8-,12-11-. The average molecular weight is 792 g/mol. The van der Waals surface area contributed by atoms with Crippen molar-refractivity contribution >= 4 is 18.1 Å². The lowest BCUT2D eigenvalue weighted by molar-refractivity contribution is -0.146. The summed E-state index contributed by atoms with van der Waals surface area (Å²) in [5.41, 5.74) is 2.10. The van der Waals surface area contributed by atoms with Crippen molar-refractivity contribution in [2.45, 2.75) is 162 Å². The van der Waals surface area contributed by atoms with Crippen molar-refractivity contribution in [3.8, 4) is 0 Å². The number of likely N-dealkylation sites (tertiary alicyclic amines) is 1. The number of unbranched alkanes of at least 4 members (excludes halogenated alkanes) is 8. The molecule has 8 heteroatoms. The molecule has 1 aliphatic heterocycles. The first-order chi connectivity index (χ1) is 27.8. The zero-order valence-electron chi connectivity index (χ0n) is 35.9. The molecular weight excluding hydrogens is 715 g/mol. The quantitative estimate of drug-likeness (QED) is 0.0370. The number of rotatable bonds is 26. The predicted octanol–water partition coefficient (Wildman–Crippen LogP) is 11.6. The number of carbonyl (C=O) groups is 3. The van der Waals surface area contributed by atoms with Gasteiger partial charge in [0.15, 0.2) is 0 Å². The summed E-state index contributed by atoms with van der Waals surface area (Å²) in [4.78, 5) is 40.8. The highest BCUT2D eigenvalue weighted by Crippen LogP contribution is 2.61. The highest BCUT2D eigenvalue weighted by molar-refractivity contribution is 5.70. The van der Waals surface area contributed by atoms with Gasteiger partial charge in [0.1, 0.15) is 13.2 Å². The van der Waals surface area contributed by atoms with Crippen molar-refractivity contribution in [1.82, 2.24) is 4.90 Å². The Balaban J connectivity index is 1.00. The van der Waals surface area contributed by atoms with Crippen molar-refractivity contribution in [3.63, 3.8) is 0 Å². The van der Waals surface area contributed by atoms with Gasteiger partial charge < -0.3 is 23.8 Å². The summed E-state index contributed by atoms with van der Waals surface area (Å²) in [5, 5.41) is 0. The molecule has 8 nitrogen and oxygen atoms in total. The van der Waals surface area contributed by atoms with E-state index in [0.29, 0.717) is 37.2 Å². The molecule has 5 aliphatic carbocycles. The van der Waals surface area contributed by atoms with Gasteiger partial charge in [-0.3, -0.25) is 9.59 Å². The van der Waals surface area contributed by atoms with Crippen LogP contribution in [-0.2, 0) is 28.5 Å².